The van der Waals surface area contributed by atoms with Crippen LogP contribution in [-0.2, 0) is 10.8 Å². The van der Waals surface area contributed by atoms with Gasteiger partial charge in [0.2, 0.25) is 0 Å². The van der Waals surface area contributed by atoms with E-state index >= 15 is 0 Å². The first-order valence-electron chi connectivity index (χ1n) is 14.5. The smallest absolute Gasteiger partial charge is 0.261 e. The molecule has 1 atom stereocenters. The topological polar surface area (TPSA) is 30.8 Å². The molecule has 0 bridgehead atoms. The molecule has 1 heterocycles. The Morgan fingerprint density at radius 1 is 0.825 bits per heavy atom. The summed E-state index contributed by atoms with van der Waals surface area (Å²) in [5.41, 5.74) is 2.65. The second-order valence-corrected chi connectivity index (χ2v) is 19.5. The molecule has 0 aromatic heterocycles. The van der Waals surface area contributed by atoms with E-state index in [1.165, 1.54) is 46.0 Å². The fourth-order valence-electron chi connectivity index (χ4n) is 6.25. The summed E-state index contributed by atoms with van der Waals surface area (Å²) in [6, 6.07) is 30.4. The van der Waals surface area contributed by atoms with Crippen LogP contribution in [-0.4, -0.2) is 49.4 Å². The van der Waals surface area contributed by atoms with E-state index < -0.39 is 8.32 Å². The standard InChI is InChI=1S/C34H43NO2S2Si/c1-33(2,3)40(31-11-7-5-8-12-31,32-13-9-6-10-14-32)37-26-29(25-27-15-17-30(36-4)18-16-27)35-28-19-21-34(22-20-28)38-23-24-39-34/h5-18,29H,19-26H2,1-4H3/t29-/m0/s1. The molecule has 2 aliphatic rings. The Balaban J connectivity index is 1.46. The molecule has 3 nitrogen and oxygen atoms in total. The highest BCUT2D eigenvalue weighted by Crippen LogP contribution is 2.52. The minimum absolute atomic E-state index is 0.0539. The third-order valence-corrected chi connectivity index (χ3v) is 17.0. The molecule has 3 aromatic rings. The molecular formula is C34H43NO2S2Si. The van der Waals surface area contributed by atoms with E-state index in [-0.39, 0.29) is 11.1 Å². The summed E-state index contributed by atoms with van der Waals surface area (Å²) in [6.07, 6.45) is 5.56. The summed E-state index contributed by atoms with van der Waals surface area (Å²) in [6.45, 7) is 7.65. The average Bonchev–Trinajstić information content (AvgIpc) is 3.43. The first kappa shape index (κ1) is 29.5. The van der Waals surface area contributed by atoms with Crippen LogP contribution < -0.4 is 15.1 Å². The van der Waals surface area contributed by atoms with Crippen LogP contribution in [0.1, 0.15) is 52.0 Å². The van der Waals surface area contributed by atoms with Gasteiger partial charge in [-0.3, -0.25) is 4.99 Å². The van der Waals surface area contributed by atoms with Gasteiger partial charge in [-0.2, -0.15) is 0 Å². The molecule has 1 saturated carbocycles. The molecule has 6 heteroatoms. The Morgan fingerprint density at radius 3 is 1.88 bits per heavy atom. The summed E-state index contributed by atoms with van der Waals surface area (Å²) < 4.78 is 13.2. The zero-order valence-electron chi connectivity index (χ0n) is 24.4. The van der Waals surface area contributed by atoms with E-state index in [0.29, 0.717) is 10.7 Å². The number of methoxy groups -OCH3 is 1. The fraction of sp³-hybridized carbons (Fsp3) is 0.441. The normalized spacial score (nSPS) is 18.1. The number of ether oxygens (including phenoxy) is 1. The van der Waals surface area contributed by atoms with Crippen molar-refractivity contribution < 1.29 is 9.16 Å². The van der Waals surface area contributed by atoms with E-state index in [4.69, 9.17) is 14.2 Å². The van der Waals surface area contributed by atoms with Crippen molar-refractivity contribution in [1.29, 1.82) is 0 Å². The maximum absolute atomic E-state index is 7.38. The Labute approximate surface area is 250 Å². The van der Waals surface area contributed by atoms with Gasteiger partial charge in [-0.05, 0) is 65.2 Å². The third kappa shape index (κ3) is 6.56. The molecular weight excluding hydrogens is 547 g/mol. The molecule has 0 N–H and O–H groups in total. The van der Waals surface area contributed by atoms with E-state index in [0.717, 1.165) is 25.0 Å². The van der Waals surface area contributed by atoms with Crippen LogP contribution in [0.5, 0.6) is 5.75 Å². The SMILES string of the molecule is COc1ccc(C[C@@H](CO[Si](c2ccccc2)(c2ccccc2)C(C)(C)C)N=C2CCC3(CC2)SCCS3)cc1. The predicted octanol–water partition coefficient (Wildman–Crippen LogP) is 7.37. The lowest BCUT2D eigenvalue weighted by atomic mass is 9.96. The lowest BCUT2D eigenvalue weighted by molar-refractivity contribution is 0.271. The largest absolute Gasteiger partial charge is 0.497 e. The van der Waals surface area contributed by atoms with Crippen molar-refractivity contribution >= 4 is 47.9 Å². The lowest BCUT2D eigenvalue weighted by Crippen LogP contribution is -2.67. The number of aliphatic imine (C=N–C) groups is 1. The average molecular weight is 590 g/mol. The highest BCUT2D eigenvalue weighted by Gasteiger charge is 2.50. The lowest BCUT2D eigenvalue weighted by Gasteiger charge is -2.43. The number of nitrogens with zero attached hydrogens (tertiary/aromatic N) is 1. The molecule has 5 rings (SSSR count). The highest BCUT2D eigenvalue weighted by molar-refractivity contribution is 8.21. The van der Waals surface area contributed by atoms with Crippen molar-refractivity contribution in [1.82, 2.24) is 0 Å². The highest BCUT2D eigenvalue weighted by atomic mass is 32.2. The molecule has 40 heavy (non-hydrogen) atoms. The van der Waals surface area contributed by atoms with E-state index in [9.17, 15) is 0 Å². The predicted molar refractivity (Wildman–Crippen MR) is 178 cm³/mol. The van der Waals surface area contributed by atoms with Crippen molar-refractivity contribution in [2.45, 2.75) is 68.0 Å². The summed E-state index contributed by atoms with van der Waals surface area (Å²) >= 11 is 4.36. The van der Waals surface area contributed by atoms with Crippen LogP contribution in [0.4, 0.5) is 0 Å². The monoisotopic (exact) mass is 589 g/mol. The van der Waals surface area contributed by atoms with Crippen LogP contribution in [0, 0.1) is 0 Å². The number of hydrogen-bond acceptors (Lipinski definition) is 5. The van der Waals surface area contributed by atoms with Crippen LogP contribution in [0.3, 0.4) is 0 Å². The Kier molecular flexibility index (Phi) is 9.51. The van der Waals surface area contributed by atoms with Crippen LogP contribution in [0.25, 0.3) is 0 Å². The first-order valence-corrected chi connectivity index (χ1v) is 18.4. The van der Waals surface area contributed by atoms with Crippen molar-refractivity contribution in [2.75, 3.05) is 25.2 Å². The summed E-state index contributed by atoms with van der Waals surface area (Å²) in [5.74, 6) is 3.48. The van der Waals surface area contributed by atoms with E-state index in [1.54, 1.807) is 7.11 Å². The maximum atomic E-state index is 7.38. The van der Waals surface area contributed by atoms with Gasteiger partial charge in [-0.1, -0.05) is 93.6 Å². The van der Waals surface area contributed by atoms with Gasteiger partial charge >= 0.3 is 0 Å². The summed E-state index contributed by atoms with van der Waals surface area (Å²) in [7, 11) is -0.912. The second kappa shape index (κ2) is 12.9. The summed E-state index contributed by atoms with van der Waals surface area (Å²) in [5, 5.41) is 2.58. The van der Waals surface area contributed by atoms with Crippen LogP contribution in [0.2, 0.25) is 5.04 Å². The van der Waals surface area contributed by atoms with Crippen molar-refractivity contribution in [3.05, 3.63) is 90.5 Å². The van der Waals surface area contributed by atoms with E-state index in [2.05, 4.69) is 129 Å². The van der Waals surface area contributed by atoms with Crippen molar-refractivity contribution in [2.24, 2.45) is 4.99 Å². The number of thioether (sulfide) groups is 2. The van der Waals surface area contributed by atoms with Gasteiger partial charge in [-0.25, -0.2) is 0 Å². The fourth-order valence-corrected chi connectivity index (χ4v) is 14.1. The van der Waals surface area contributed by atoms with Gasteiger partial charge in [0.15, 0.2) is 0 Å². The van der Waals surface area contributed by atoms with Crippen molar-refractivity contribution in [3.8, 4) is 5.75 Å². The molecule has 1 saturated heterocycles. The quantitative estimate of drug-likeness (QED) is 0.244. The van der Waals surface area contributed by atoms with Gasteiger partial charge in [0.1, 0.15) is 5.75 Å². The number of hydrogen-bond donors (Lipinski definition) is 0. The molecule has 0 unspecified atom stereocenters. The molecule has 2 fully saturated rings. The molecule has 3 aromatic carbocycles. The maximum Gasteiger partial charge on any atom is 0.261 e. The molecule has 1 aliphatic heterocycles. The Hall–Kier alpha value is -1.99. The Bertz CT molecular complexity index is 1200. The van der Waals surface area contributed by atoms with E-state index in [1.807, 2.05) is 0 Å². The van der Waals surface area contributed by atoms with Crippen LogP contribution >= 0.6 is 23.5 Å². The minimum Gasteiger partial charge on any atom is -0.497 e. The molecule has 0 radical (unpaired) electrons. The van der Waals surface area contributed by atoms with Gasteiger partial charge in [0.05, 0.1) is 23.8 Å². The molecule has 1 aliphatic carbocycles. The van der Waals surface area contributed by atoms with Crippen LogP contribution in [0.15, 0.2) is 89.9 Å². The van der Waals surface area contributed by atoms with Gasteiger partial charge in [0.25, 0.3) is 8.32 Å². The molecule has 212 valence electrons. The molecule has 1 spiro atoms. The second-order valence-electron chi connectivity index (χ2n) is 12.0. The van der Waals surface area contributed by atoms with Gasteiger partial charge in [-0.15, -0.1) is 23.5 Å². The Morgan fingerprint density at radius 2 is 1.38 bits per heavy atom. The minimum atomic E-state index is -2.63. The molecule has 0 amide bonds. The van der Waals surface area contributed by atoms with Gasteiger partial charge in [0, 0.05) is 17.2 Å². The van der Waals surface area contributed by atoms with Crippen molar-refractivity contribution in [3.63, 3.8) is 0 Å². The zero-order chi connectivity index (χ0) is 28.1. The summed E-state index contributed by atoms with van der Waals surface area (Å²) in [4.78, 5) is 5.46. The first-order chi connectivity index (χ1) is 19.3. The number of benzene rings is 3. The third-order valence-electron chi connectivity index (χ3n) is 8.31. The van der Waals surface area contributed by atoms with Gasteiger partial charge < -0.3 is 9.16 Å². The number of rotatable bonds is 9. The zero-order valence-corrected chi connectivity index (χ0v) is 27.0.